The molecular weight excluding hydrogens is 216 g/mol. The molecule has 2 nitrogen and oxygen atoms in total. The molecule has 1 aromatic carbocycles. The molecule has 0 fully saturated rings. The number of hydrogen-bond acceptors (Lipinski definition) is 3. The van der Waals surface area contributed by atoms with E-state index in [1.807, 2.05) is 24.4 Å². The van der Waals surface area contributed by atoms with E-state index in [1.54, 1.807) is 11.3 Å². The Balaban J connectivity index is 2.02. The Morgan fingerprint density at radius 2 is 1.94 bits per heavy atom. The molecule has 1 N–H and O–H groups in total. The van der Waals surface area contributed by atoms with Crippen molar-refractivity contribution in [3.05, 3.63) is 51.7 Å². The molecule has 1 aromatic heterocycles. The van der Waals surface area contributed by atoms with Gasteiger partial charge >= 0.3 is 0 Å². The van der Waals surface area contributed by atoms with Gasteiger partial charge in [-0.25, -0.2) is 0 Å². The third kappa shape index (κ3) is 2.70. The molecule has 0 aliphatic heterocycles. The minimum atomic E-state index is 1.05. The predicted octanol–water partition coefficient (Wildman–Crippen LogP) is 3.81. The van der Waals surface area contributed by atoms with Gasteiger partial charge in [0.25, 0.3) is 0 Å². The lowest BCUT2D eigenvalue weighted by Crippen LogP contribution is -1.91. The molecule has 2 aromatic rings. The molecule has 82 valence electrons. The quantitative estimate of drug-likeness (QED) is 0.629. The van der Waals surface area contributed by atoms with Gasteiger partial charge in [0, 0.05) is 9.75 Å². The van der Waals surface area contributed by atoms with Gasteiger partial charge < -0.3 is 0 Å². The molecule has 0 aliphatic carbocycles. The van der Waals surface area contributed by atoms with Gasteiger partial charge in [0.2, 0.25) is 0 Å². The fourth-order valence-corrected chi connectivity index (χ4v) is 2.14. The number of thiophene rings is 1. The molecule has 0 radical (unpaired) electrons. The van der Waals surface area contributed by atoms with Crippen molar-refractivity contribution in [2.75, 3.05) is 5.43 Å². The maximum atomic E-state index is 4.22. The maximum absolute atomic E-state index is 4.22. The van der Waals surface area contributed by atoms with Gasteiger partial charge in [-0.15, -0.1) is 11.3 Å². The molecule has 0 bridgehead atoms. The normalized spacial score (nSPS) is 10.9. The Bertz CT molecular complexity index is 500. The summed E-state index contributed by atoms with van der Waals surface area (Å²) in [6.45, 7) is 4.16. The van der Waals surface area contributed by atoms with E-state index in [4.69, 9.17) is 0 Å². The van der Waals surface area contributed by atoms with E-state index in [-0.39, 0.29) is 0 Å². The molecular formula is C13H14N2S. The van der Waals surface area contributed by atoms with Crippen molar-refractivity contribution in [2.45, 2.75) is 13.8 Å². The number of hydrazone groups is 1. The van der Waals surface area contributed by atoms with Crippen LogP contribution in [0, 0.1) is 13.8 Å². The molecule has 16 heavy (non-hydrogen) atoms. The number of nitrogens with one attached hydrogen (secondary N) is 1. The van der Waals surface area contributed by atoms with Crippen molar-refractivity contribution in [3.8, 4) is 0 Å². The van der Waals surface area contributed by atoms with E-state index < -0.39 is 0 Å². The van der Waals surface area contributed by atoms with Gasteiger partial charge in [-0.1, -0.05) is 18.2 Å². The summed E-state index contributed by atoms with van der Waals surface area (Å²) >= 11 is 1.74. The van der Waals surface area contributed by atoms with Crippen LogP contribution in [0.5, 0.6) is 0 Å². The van der Waals surface area contributed by atoms with Crippen LogP contribution in [0.25, 0.3) is 0 Å². The van der Waals surface area contributed by atoms with E-state index in [1.165, 1.54) is 15.3 Å². The minimum absolute atomic E-state index is 1.05. The SMILES string of the molecule is Cc1ccc(/C=N/Nc2ccccc2C)s1. The summed E-state index contributed by atoms with van der Waals surface area (Å²) in [5, 5.41) is 4.22. The Hall–Kier alpha value is -1.61. The smallest absolute Gasteiger partial charge is 0.0644 e. The van der Waals surface area contributed by atoms with Crippen molar-refractivity contribution in [1.29, 1.82) is 0 Å². The highest BCUT2D eigenvalue weighted by atomic mass is 32.1. The maximum Gasteiger partial charge on any atom is 0.0644 e. The number of rotatable bonds is 3. The second-order valence-corrected chi connectivity index (χ2v) is 4.95. The predicted molar refractivity (Wildman–Crippen MR) is 71.5 cm³/mol. The number of aryl methyl sites for hydroxylation is 2. The summed E-state index contributed by atoms with van der Waals surface area (Å²) in [7, 11) is 0. The molecule has 0 amide bonds. The minimum Gasteiger partial charge on any atom is -0.278 e. The van der Waals surface area contributed by atoms with Gasteiger partial charge in [-0.2, -0.15) is 5.10 Å². The third-order valence-corrected chi connectivity index (χ3v) is 3.22. The highest BCUT2D eigenvalue weighted by molar-refractivity contribution is 7.13. The number of anilines is 1. The standard InChI is InChI=1S/C13H14N2S/c1-10-5-3-4-6-13(10)15-14-9-12-8-7-11(2)16-12/h3-9,15H,1-2H3/b14-9+. The number of benzene rings is 1. The first-order valence-electron chi connectivity index (χ1n) is 5.17. The zero-order valence-electron chi connectivity index (χ0n) is 9.40. The zero-order chi connectivity index (χ0) is 11.4. The molecule has 0 spiro atoms. The fraction of sp³-hybridized carbons (Fsp3) is 0.154. The summed E-state index contributed by atoms with van der Waals surface area (Å²) in [6, 6.07) is 12.3. The van der Waals surface area contributed by atoms with Crippen molar-refractivity contribution in [2.24, 2.45) is 5.10 Å². The van der Waals surface area contributed by atoms with Crippen LogP contribution in [0.4, 0.5) is 5.69 Å². The molecule has 0 saturated heterocycles. The first-order chi connectivity index (χ1) is 7.75. The summed E-state index contributed by atoms with van der Waals surface area (Å²) < 4.78 is 0. The number of para-hydroxylation sites is 1. The summed E-state index contributed by atoms with van der Waals surface area (Å²) in [4.78, 5) is 2.47. The zero-order valence-corrected chi connectivity index (χ0v) is 10.2. The Labute approximate surface area is 99.6 Å². The van der Waals surface area contributed by atoms with Crippen LogP contribution >= 0.6 is 11.3 Å². The van der Waals surface area contributed by atoms with E-state index in [0.717, 1.165) is 5.69 Å². The topological polar surface area (TPSA) is 24.4 Å². The third-order valence-electron chi connectivity index (χ3n) is 2.28. The average molecular weight is 230 g/mol. The first kappa shape index (κ1) is 10.9. The van der Waals surface area contributed by atoms with E-state index in [9.17, 15) is 0 Å². The van der Waals surface area contributed by atoms with Crippen molar-refractivity contribution in [1.82, 2.24) is 0 Å². The molecule has 0 atom stereocenters. The Kier molecular flexibility index (Phi) is 3.37. The summed E-state index contributed by atoms with van der Waals surface area (Å²) in [5.41, 5.74) is 5.29. The van der Waals surface area contributed by atoms with Crippen molar-refractivity contribution in [3.63, 3.8) is 0 Å². The van der Waals surface area contributed by atoms with Crippen LogP contribution in [-0.4, -0.2) is 6.21 Å². The highest BCUT2D eigenvalue weighted by Crippen LogP contribution is 2.14. The molecule has 0 aliphatic rings. The van der Waals surface area contributed by atoms with Gasteiger partial charge in [0.15, 0.2) is 0 Å². The van der Waals surface area contributed by atoms with E-state index in [0.29, 0.717) is 0 Å². The Morgan fingerprint density at radius 3 is 2.62 bits per heavy atom. The molecule has 2 rings (SSSR count). The largest absolute Gasteiger partial charge is 0.278 e. The van der Waals surface area contributed by atoms with Crippen LogP contribution in [-0.2, 0) is 0 Å². The van der Waals surface area contributed by atoms with Crippen molar-refractivity contribution >= 4 is 23.2 Å². The van der Waals surface area contributed by atoms with E-state index in [2.05, 4.69) is 42.6 Å². The average Bonchev–Trinajstić information content (AvgIpc) is 2.67. The lowest BCUT2D eigenvalue weighted by Gasteiger charge is -2.02. The van der Waals surface area contributed by atoms with E-state index >= 15 is 0 Å². The summed E-state index contributed by atoms with van der Waals surface area (Å²) in [6.07, 6.45) is 1.85. The van der Waals surface area contributed by atoms with Crippen LogP contribution in [0.15, 0.2) is 41.5 Å². The lowest BCUT2D eigenvalue weighted by atomic mass is 10.2. The Morgan fingerprint density at radius 1 is 1.12 bits per heavy atom. The first-order valence-corrected chi connectivity index (χ1v) is 5.98. The van der Waals surface area contributed by atoms with Gasteiger partial charge in [-0.05, 0) is 37.6 Å². The fourth-order valence-electron chi connectivity index (χ4n) is 1.39. The van der Waals surface area contributed by atoms with Crippen LogP contribution in [0.3, 0.4) is 0 Å². The monoisotopic (exact) mass is 230 g/mol. The summed E-state index contributed by atoms with van der Waals surface area (Å²) in [5.74, 6) is 0. The number of nitrogens with zero attached hydrogens (tertiary/aromatic N) is 1. The van der Waals surface area contributed by atoms with Crippen molar-refractivity contribution < 1.29 is 0 Å². The second kappa shape index (κ2) is 4.94. The van der Waals surface area contributed by atoms with Crippen LogP contribution in [0.2, 0.25) is 0 Å². The van der Waals surface area contributed by atoms with Gasteiger partial charge in [0.1, 0.15) is 0 Å². The lowest BCUT2D eigenvalue weighted by molar-refractivity contribution is 1.31. The molecule has 0 saturated carbocycles. The number of hydrogen-bond donors (Lipinski definition) is 1. The molecule has 1 heterocycles. The van der Waals surface area contributed by atoms with Crippen LogP contribution in [0.1, 0.15) is 15.3 Å². The second-order valence-electron chi connectivity index (χ2n) is 3.63. The van der Waals surface area contributed by atoms with Gasteiger partial charge in [0.05, 0.1) is 11.9 Å². The molecule has 0 unspecified atom stereocenters. The van der Waals surface area contributed by atoms with Crippen LogP contribution < -0.4 is 5.43 Å². The molecule has 3 heteroatoms. The van der Waals surface area contributed by atoms with Gasteiger partial charge in [-0.3, -0.25) is 5.43 Å². The highest BCUT2D eigenvalue weighted by Gasteiger charge is 1.94.